The minimum Gasteiger partial charge on any atom is -0.321 e. The number of benzene rings is 1. The first kappa shape index (κ1) is 20.7. The summed E-state index contributed by atoms with van der Waals surface area (Å²) in [6, 6.07) is 5.36. The van der Waals surface area contributed by atoms with Crippen LogP contribution in [0, 0.1) is 27.7 Å². The summed E-state index contributed by atoms with van der Waals surface area (Å²) in [5, 5.41) is 13.5. The molecule has 0 saturated heterocycles. The molecular formula is C19H20Cl3N5O. The van der Waals surface area contributed by atoms with Crippen LogP contribution in [-0.4, -0.2) is 25.5 Å². The third-order valence-corrected chi connectivity index (χ3v) is 5.70. The van der Waals surface area contributed by atoms with Gasteiger partial charge in [0.1, 0.15) is 6.54 Å². The minimum absolute atomic E-state index is 0.0759. The van der Waals surface area contributed by atoms with Gasteiger partial charge < -0.3 is 5.32 Å². The van der Waals surface area contributed by atoms with Gasteiger partial charge >= 0.3 is 0 Å². The van der Waals surface area contributed by atoms with Crippen LogP contribution >= 0.6 is 34.8 Å². The number of rotatable bonds is 5. The van der Waals surface area contributed by atoms with E-state index in [1.54, 1.807) is 21.5 Å². The maximum atomic E-state index is 12.5. The number of nitrogens with zero attached hydrogens (tertiary/aromatic N) is 4. The van der Waals surface area contributed by atoms with Crippen LogP contribution in [0.5, 0.6) is 0 Å². The molecule has 0 aliphatic rings. The van der Waals surface area contributed by atoms with Gasteiger partial charge in [-0.05, 0) is 45.4 Å². The van der Waals surface area contributed by atoms with Crippen LogP contribution in [0.25, 0.3) is 0 Å². The van der Waals surface area contributed by atoms with Crippen LogP contribution in [-0.2, 0) is 17.9 Å². The molecule has 3 aromatic rings. The topological polar surface area (TPSA) is 64.7 Å². The summed E-state index contributed by atoms with van der Waals surface area (Å²) in [5.74, 6) is -0.197. The molecule has 2 aromatic heterocycles. The average molecular weight is 441 g/mol. The third-order valence-electron chi connectivity index (χ3n) is 4.57. The summed E-state index contributed by atoms with van der Waals surface area (Å²) in [7, 11) is 0. The van der Waals surface area contributed by atoms with Crippen molar-refractivity contribution in [1.29, 1.82) is 0 Å². The van der Waals surface area contributed by atoms with Crippen LogP contribution in [0.1, 0.15) is 28.3 Å². The highest BCUT2D eigenvalue weighted by Crippen LogP contribution is 2.25. The molecule has 0 atom stereocenters. The second-order valence-corrected chi connectivity index (χ2v) is 7.85. The van der Waals surface area contributed by atoms with Gasteiger partial charge in [-0.15, -0.1) is 0 Å². The van der Waals surface area contributed by atoms with E-state index in [-0.39, 0.29) is 12.5 Å². The lowest BCUT2D eigenvalue weighted by atomic mass is 10.2. The number of nitrogens with one attached hydrogen (secondary N) is 1. The smallest absolute Gasteiger partial charge is 0.246 e. The van der Waals surface area contributed by atoms with Crippen molar-refractivity contribution in [3.63, 3.8) is 0 Å². The Morgan fingerprint density at radius 2 is 1.68 bits per heavy atom. The fraction of sp³-hybridized carbons (Fsp3) is 0.316. The number of aryl methyl sites for hydroxylation is 2. The molecule has 28 heavy (non-hydrogen) atoms. The first-order chi connectivity index (χ1) is 13.2. The van der Waals surface area contributed by atoms with E-state index in [0.29, 0.717) is 33.0 Å². The van der Waals surface area contributed by atoms with Crippen LogP contribution in [0.2, 0.25) is 15.1 Å². The van der Waals surface area contributed by atoms with E-state index in [4.69, 9.17) is 34.8 Å². The number of aromatic nitrogens is 4. The molecule has 1 N–H and O–H groups in total. The van der Waals surface area contributed by atoms with Gasteiger partial charge in [0.2, 0.25) is 5.91 Å². The Bertz CT molecular complexity index is 1050. The molecule has 0 aliphatic carbocycles. The Balaban J connectivity index is 1.77. The fourth-order valence-electron chi connectivity index (χ4n) is 2.99. The first-order valence-electron chi connectivity index (χ1n) is 8.64. The second-order valence-electron chi connectivity index (χ2n) is 6.63. The molecule has 0 spiro atoms. The van der Waals surface area contributed by atoms with Crippen molar-refractivity contribution < 1.29 is 4.79 Å². The SMILES string of the molecule is Cc1nn(CC(=O)Nc2c(C)nn(Cc3ccc(Cl)cc3Cl)c2C)c(C)c1Cl. The highest BCUT2D eigenvalue weighted by atomic mass is 35.5. The Kier molecular flexibility index (Phi) is 6.03. The monoisotopic (exact) mass is 439 g/mol. The van der Waals surface area contributed by atoms with E-state index in [1.165, 1.54) is 0 Å². The van der Waals surface area contributed by atoms with E-state index in [9.17, 15) is 4.79 Å². The lowest BCUT2D eigenvalue weighted by Crippen LogP contribution is -2.21. The van der Waals surface area contributed by atoms with E-state index in [0.717, 1.165) is 22.6 Å². The van der Waals surface area contributed by atoms with Gasteiger partial charge in [0.25, 0.3) is 0 Å². The molecule has 1 aromatic carbocycles. The maximum Gasteiger partial charge on any atom is 0.246 e. The van der Waals surface area contributed by atoms with E-state index in [1.807, 2.05) is 33.8 Å². The van der Waals surface area contributed by atoms with Crippen molar-refractivity contribution >= 4 is 46.4 Å². The van der Waals surface area contributed by atoms with Crippen molar-refractivity contribution in [2.45, 2.75) is 40.8 Å². The molecule has 0 unspecified atom stereocenters. The molecule has 0 radical (unpaired) electrons. The summed E-state index contributed by atoms with van der Waals surface area (Å²) in [6.45, 7) is 7.95. The second kappa shape index (κ2) is 8.15. The van der Waals surface area contributed by atoms with E-state index in [2.05, 4.69) is 15.5 Å². The average Bonchev–Trinajstić information content (AvgIpc) is 3.02. The zero-order valence-corrected chi connectivity index (χ0v) is 18.2. The first-order valence-corrected chi connectivity index (χ1v) is 9.78. The van der Waals surface area contributed by atoms with Crippen molar-refractivity contribution in [1.82, 2.24) is 19.6 Å². The number of hydrogen-bond acceptors (Lipinski definition) is 3. The summed E-state index contributed by atoms with van der Waals surface area (Å²) in [5.41, 5.74) is 4.60. The highest BCUT2D eigenvalue weighted by molar-refractivity contribution is 6.35. The predicted molar refractivity (Wildman–Crippen MR) is 113 cm³/mol. The van der Waals surface area contributed by atoms with Gasteiger partial charge in [-0.1, -0.05) is 40.9 Å². The van der Waals surface area contributed by atoms with Crippen molar-refractivity contribution in [3.05, 3.63) is 61.6 Å². The van der Waals surface area contributed by atoms with E-state index < -0.39 is 0 Å². The number of carbonyl (C=O) groups is 1. The Morgan fingerprint density at radius 3 is 2.29 bits per heavy atom. The minimum atomic E-state index is -0.197. The fourth-order valence-corrected chi connectivity index (χ4v) is 3.59. The van der Waals surface area contributed by atoms with E-state index >= 15 is 0 Å². The Labute approximate surface area is 178 Å². The number of halogens is 3. The van der Waals surface area contributed by atoms with Crippen molar-refractivity contribution in [2.24, 2.45) is 0 Å². The summed E-state index contributed by atoms with van der Waals surface area (Å²) in [6.07, 6.45) is 0. The number of anilines is 1. The molecular weight excluding hydrogens is 421 g/mol. The molecule has 1 amide bonds. The lowest BCUT2D eigenvalue weighted by molar-refractivity contribution is -0.116. The largest absolute Gasteiger partial charge is 0.321 e. The molecule has 0 fully saturated rings. The van der Waals surface area contributed by atoms with Gasteiger partial charge in [-0.25, -0.2) is 0 Å². The number of amides is 1. The zero-order chi connectivity index (χ0) is 20.6. The van der Waals surface area contributed by atoms with Gasteiger partial charge in [-0.2, -0.15) is 10.2 Å². The normalized spacial score (nSPS) is 11.1. The Hall–Kier alpha value is -2.02. The lowest BCUT2D eigenvalue weighted by Gasteiger charge is -2.09. The molecule has 0 saturated carbocycles. The highest BCUT2D eigenvalue weighted by Gasteiger charge is 2.17. The summed E-state index contributed by atoms with van der Waals surface area (Å²) in [4.78, 5) is 12.5. The number of carbonyl (C=O) groups excluding carboxylic acids is 1. The molecule has 6 nitrogen and oxygen atoms in total. The third kappa shape index (κ3) is 4.19. The van der Waals surface area contributed by atoms with Crippen LogP contribution < -0.4 is 5.32 Å². The van der Waals surface area contributed by atoms with Crippen LogP contribution in [0.15, 0.2) is 18.2 Å². The quantitative estimate of drug-likeness (QED) is 0.610. The van der Waals surface area contributed by atoms with Gasteiger partial charge in [0.15, 0.2) is 0 Å². The predicted octanol–water partition coefficient (Wildman–Crippen LogP) is 4.96. The van der Waals surface area contributed by atoms with Crippen molar-refractivity contribution in [2.75, 3.05) is 5.32 Å². The molecule has 0 bridgehead atoms. The Morgan fingerprint density at radius 1 is 1.00 bits per heavy atom. The van der Waals surface area contributed by atoms with Gasteiger partial charge in [0, 0.05) is 10.0 Å². The molecule has 0 aliphatic heterocycles. The molecule has 3 rings (SSSR count). The summed E-state index contributed by atoms with van der Waals surface area (Å²) < 4.78 is 3.40. The summed E-state index contributed by atoms with van der Waals surface area (Å²) >= 11 is 18.4. The van der Waals surface area contributed by atoms with Crippen molar-refractivity contribution in [3.8, 4) is 0 Å². The molecule has 9 heteroatoms. The standard InChI is InChI=1S/C19H20Cl3N5O/c1-10-18(22)12(3)27(24-10)9-17(28)23-19-11(2)25-26(13(19)4)8-14-5-6-15(20)7-16(14)21/h5-7H,8-9H2,1-4H3,(H,23,28). The maximum absolute atomic E-state index is 12.5. The molecule has 148 valence electrons. The number of hydrogen-bond donors (Lipinski definition) is 1. The van der Waals surface area contributed by atoms with Crippen LogP contribution in [0.3, 0.4) is 0 Å². The van der Waals surface area contributed by atoms with Gasteiger partial charge in [0.05, 0.1) is 40.0 Å². The molecule has 2 heterocycles. The zero-order valence-electron chi connectivity index (χ0n) is 16.0. The van der Waals surface area contributed by atoms with Gasteiger partial charge in [-0.3, -0.25) is 14.2 Å². The van der Waals surface area contributed by atoms with Crippen LogP contribution in [0.4, 0.5) is 5.69 Å².